The van der Waals surface area contributed by atoms with E-state index in [2.05, 4.69) is 10.2 Å². The van der Waals surface area contributed by atoms with Crippen molar-refractivity contribution < 1.29 is 48.1 Å². The van der Waals surface area contributed by atoms with Crippen LogP contribution in [0.5, 0.6) is 11.5 Å². The van der Waals surface area contributed by atoms with Crippen LogP contribution >= 0.6 is 0 Å². The Hall–Kier alpha value is -2.78. The Kier molecular flexibility index (Phi) is 5.95. The molecule has 3 rings (SSSR count). The number of benzene rings is 3. The van der Waals surface area contributed by atoms with E-state index in [1.165, 1.54) is 12.1 Å². The molecule has 0 fully saturated rings. The van der Waals surface area contributed by atoms with E-state index >= 15 is 0 Å². The maximum absolute atomic E-state index is 11.8. The predicted molar refractivity (Wildman–Crippen MR) is 108 cm³/mol. The van der Waals surface area contributed by atoms with Gasteiger partial charge in [0.25, 0.3) is 0 Å². The molecule has 16 heteroatoms. The number of hydrogen-bond donors (Lipinski definition) is 6. The van der Waals surface area contributed by atoms with Crippen molar-refractivity contribution in [2.24, 2.45) is 10.2 Å². The summed E-state index contributed by atoms with van der Waals surface area (Å²) in [7, 11) is -10.0. The minimum absolute atomic E-state index is 0.363. The van der Waals surface area contributed by atoms with Gasteiger partial charge in [-0.3, -0.25) is 0 Å². The quantitative estimate of drug-likeness (QED) is 0.148. The molecular formula is C16H13AsN2O11S2. The Morgan fingerprint density at radius 2 is 1.41 bits per heavy atom. The van der Waals surface area contributed by atoms with Crippen molar-refractivity contribution in [2.45, 2.75) is 9.79 Å². The van der Waals surface area contributed by atoms with Crippen molar-refractivity contribution in [1.82, 2.24) is 0 Å². The summed E-state index contributed by atoms with van der Waals surface area (Å²) in [5, 5.41) is 26.4. The van der Waals surface area contributed by atoms with E-state index in [4.69, 9.17) is 0 Å². The molecule has 6 N–H and O–H groups in total. The zero-order chi connectivity index (χ0) is 24.1. The topological polar surface area (TPSA) is 231 Å². The summed E-state index contributed by atoms with van der Waals surface area (Å²) in [6, 6.07) is 6.63. The van der Waals surface area contributed by atoms with Gasteiger partial charge in [-0.05, 0) is 0 Å². The molecule has 3 aromatic rings. The molecule has 0 aliphatic carbocycles. The number of fused-ring (bicyclic) bond motifs is 1. The molecule has 0 atom stereocenters. The second-order valence-electron chi connectivity index (χ2n) is 6.29. The third-order valence-electron chi connectivity index (χ3n) is 4.13. The number of azo groups is 1. The van der Waals surface area contributed by atoms with Gasteiger partial charge in [0.2, 0.25) is 0 Å². The van der Waals surface area contributed by atoms with Crippen LogP contribution in [-0.2, 0) is 24.0 Å². The molecule has 0 amide bonds. The third-order valence-corrected chi connectivity index (χ3v) is 7.94. The van der Waals surface area contributed by atoms with E-state index in [9.17, 15) is 48.1 Å². The van der Waals surface area contributed by atoms with E-state index in [0.717, 1.165) is 12.1 Å². The van der Waals surface area contributed by atoms with Crippen LogP contribution in [0.25, 0.3) is 10.8 Å². The number of nitrogens with zero attached hydrogens (tertiary/aromatic N) is 2. The van der Waals surface area contributed by atoms with Crippen LogP contribution in [0.3, 0.4) is 0 Å². The Bertz CT molecular complexity index is 1540. The van der Waals surface area contributed by atoms with Gasteiger partial charge >= 0.3 is 183 Å². The van der Waals surface area contributed by atoms with Crippen LogP contribution in [0.2, 0.25) is 0 Å². The van der Waals surface area contributed by atoms with E-state index in [-0.39, 0.29) is 5.69 Å². The Morgan fingerprint density at radius 3 is 1.97 bits per heavy atom. The fraction of sp³-hybridized carbons (Fsp3) is 0. The van der Waals surface area contributed by atoms with Crippen LogP contribution < -0.4 is 4.35 Å². The molecule has 0 spiro atoms. The average molecular weight is 548 g/mol. The van der Waals surface area contributed by atoms with Crippen LogP contribution in [-0.4, -0.2) is 58.5 Å². The van der Waals surface area contributed by atoms with Gasteiger partial charge in [0.05, 0.1) is 0 Å². The summed E-state index contributed by atoms with van der Waals surface area (Å²) in [5.74, 6) is -1.77. The van der Waals surface area contributed by atoms with E-state index < -0.39 is 76.5 Å². The molecule has 13 nitrogen and oxygen atoms in total. The standard InChI is InChI=1S/C16H13AsN2O11S2/c20-12-6-8(31(25,26)27)5-9-15(12)13(21)7-14(32(28,29)30)16(9)19-18-11-4-2-1-3-10(11)17(22,23)24/h1-7,20-21H,(H2,22,23,24)(H,25,26,27)(H,28,29,30)/b19-18+. The Labute approximate surface area is 182 Å². The molecule has 0 heterocycles. The van der Waals surface area contributed by atoms with Crippen molar-refractivity contribution in [3.8, 4) is 11.5 Å². The van der Waals surface area contributed by atoms with E-state index in [1.54, 1.807) is 0 Å². The van der Waals surface area contributed by atoms with Crippen molar-refractivity contribution in [3.05, 3.63) is 42.5 Å². The molecule has 0 unspecified atom stereocenters. The van der Waals surface area contributed by atoms with Crippen molar-refractivity contribution >= 4 is 60.9 Å². The van der Waals surface area contributed by atoms with Gasteiger partial charge in [0.15, 0.2) is 0 Å². The molecular weight excluding hydrogens is 535 g/mol. The van der Waals surface area contributed by atoms with Crippen LogP contribution in [0.15, 0.2) is 62.5 Å². The fourth-order valence-electron chi connectivity index (χ4n) is 2.80. The monoisotopic (exact) mass is 548 g/mol. The molecule has 0 saturated carbocycles. The summed E-state index contributed by atoms with van der Waals surface area (Å²) in [4.78, 5) is -1.96. The molecule has 170 valence electrons. The van der Waals surface area contributed by atoms with Crippen molar-refractivity contribution in [3.63, 3.8) is 0 Å². The normalized spacial score (nSPS) is 13.1. The Morgan fingerprint density at radius 1 is 0.812 bits per heavy atom. The van der Waals surface area contributed by atoms with Crippen LogP contribution in [0, 0.1) is 0 Å². The first-order valence-corrected chi connectivity index (χ1v) is 14.4. The number of phenolic OH excluding ortho intramolecular Hbond substituents is 2. The van der Waals surface area contributed by atoms with E-state index in [1.807, 2.05) is 0 Å². The summed E-state index contributed by atoms with van der Waals surface area (Å²) >= 11 is -5.50. The molecule has 32 heavy (non-hydrogen) atoms. The first kappa shape index (κ1) is 23.9. The SMILES string of the molecule is O=S(=O)(O)c1cc(O)c2c(O)cc(S(=O)(=O)O)c(/N=N/c3ccccc3[As](=O)(O)O)c2c1. The molecule has 0 saturated heterocycles. The van der Waals surface area contributed by atoms with Gasteiger partial charge in [0, 0.05) is 0 Å². The van der Waals surface area contributed by atoms with Gasteiger partial charge in [0.1, 0.15) is 0 Å². The van der Waals surface area contributed by atoms with Crippen molar-refractivity contribution in [1.29, 1.82) is 0 Å². The first-order chi connectivity index (χ1) is 14.6. The average Bonchev–Trinajstić information content (AvgIpc) is 2.64. The van der Waals surface area contributed by atoms with Gasteiger partial charge in [-0.2, -0.15) is 0 Å². The molecule has 0 aromatic heterocycles. The number of phenols is 2. The minimum atomic E-state index is -5.50. The summed E-state index contributed by atoms with van der Waals surface area (Å²) in [6.07, 6.45) is 0. The summed E-state index contributed by atoms with van der Waals surface area (Å²) in [5.41, 5.74) is -1.15. The van der Waals surface area contributed by atoms with Gasteiger partial charge in [-0.1, -0.05) is 0 Å². The zero-order valence-corrected chi connectivity index (χ0v) is 18.9. The second-order valence-corrected chi connectivity index (χ2v) is 12.4. The number of aromatic hydroxyl groups is 2. The summed E-state index contributed by atoms with van der Waals surface area (Å²) in [6.45, 7) is 0. The molecule has 0 radical (unpaired) electrons. The molecule has 0 aliphatic rings. The van der Waals surface area contributed by atoms with Crippen LogP contribution in [0.4, 0.5) is 11.4 Å². The molecule has 0 aliphatic heterocycles. The first-order valence-electron chi connectivity index (χ1n) is 8.15. The van der Waals surface area contributed by atoms with Crippen LogP contribution in [0.1, 0.15) is 0 Å². The van der Waals surface area contributed by atoms with E-state index in [0.29, 0.717) is 18.2 Å². The molecule has 0 bridgehead atoms. The second kappa shape index (κ2) is 7.97. The Balaban J connectivity index is 2.45. The maximum atomic E-state index is 11.8. The van der Waals surface area contributed by atoms with Gasteiger partial charge < -0.3 is 0 Å². The summed E-state index contributed by atoms with van der Waals surface area (Å²) < 4.78 is 95.7. The van der Waals surface area contributed by atoms with Crippen molar-refractivity contribution in [2.75, 3.05) is 0 Å². The zero-order valence-electron chi connectivity index (χ0n) is 15.4. The van der Waals surface area contributed by atoms with Gasteiger partial charge in [-0.25, -0.2) is 0 Å². The predicted octanol–water partition coefficient (Wildman–Crippen LogP) is 0.721. The fourth-order valence-corrected chi connectivity index (χ4v) is 5.45. The number of hydrogen-bond acceptors (Lipinski definition) is 9. The number of rotatable bonds is 5. The third kappa shape index (κ3) is 4.68. The molecule has 3 aromatic carbocycles. The van der Waals surface area contributed by atoms with Gasteiger partial charge in [-0.15, -0.1) is 0 Å².